The summed E-state index contributed by atoms with van der Waals surface area (Å²) >= 11 is 0.0570. The topological polar surface area (TPSA) is 36.4 Å². The third kappa shape index (κ3) is 2.67. The molecule has 0 aliphatic carbocycles. The number of nitrogens with one attached hydrogen (secondary N) is 2. The van der Waals surface area contributed by atoms with E-state index in [-0.39, 0.29) is 12.1 Å². The van der Waals surface area contributed by atoms with Crippen molar-refractivity contribution in [3.63, 3.8) is 0 Å². The Kier molecular flexibility index (Phi) is 2.86. The number of amidine groups is 1. The molecular formula is C4H2F6N3S. The van der Waals surface area contributed by atoms with Gasteiger partial charge < -0.3 is 0 Å². The molecule has 1 radical (unpaired) electrons. The van der Waals surface area contributed by atoms with E-state index in [4.69, 9.17) is 0 Å². The first kappa shape index (κ1) is 11.4. The highest BCUT2D eigenvalue weighted by molar-refractivity contribution is 7.96. The molecule has 0 aromatic heterocycles. The second-order valence-electron chi connectivity index (χ2n) is 2.11. The van der Waals surface area contributed by atoms with E-state index in [0.717, 1.165) is 0 Å². The predicted octanol–water partition coefficient (Wildman–Crippen LogP) is 1.75. The molecular weight excluding hydrogens is 236 g/mol. The maximum absolute atomic E-state index is 11.9. The highest BCUT2D eigenvalue weighted by Gasteiger charge is 2.47. The van der Waals surface area contributed by atoms with Gasteiger partial charge >= 0.3 is 12.4 Å². The first-order chi connectivity index (χ1) is 6.21. The molecule has 0 amide bonds. The zero-order valence-corrected chi connectivity index (χ0v) is 6.94. The predicted molar refractivity (Wildman–Crippen MR) is 36.7 cm³/mol. The Hall–Kier alpha value is -0.640. The maximum atomic E-state index is 11.9. The van der Waals surface area contributed by atoms with Crippen molar-refractivity contribution >= 4 is 18.0 Å². The Morgan fingerprint density at radius 2 is 1.50 bits per heavy atom. The van der Waals surface area contributed by atoms with Crippen LogP contribution in [-0.4, -0.2) is 18.2 Å². The monoisotopic (exact) mass is 238 g/mol. The van der Waals surface area contributed by atoms with Gasteiger partial charge in [0.15, 0.2) is 0 Å². The molecule has 0 aromatic carbocycles. The molecule has 10 heteroatoms. The third-order valence-electron chi connectivity index (χ3n) is 1.06. The minimum Gasteiger partial charge on any atom is -0.297 e. The Bertz CT molecular complexity index is 244. The second-order valence-corrected chi connectivity index (χ2v) is 2.72. The Morgan fingerprint density at radius 1 is 0.929 bits per heavy atom. The lowest BCUT2D eigenvalue weighted by atomic mass is 10.5. The van der Waals surface area contributed by atoms with E-state index in [1.165, 1.54) is 0 Å². The van der Waals surface area contributed by atoms with Crippen LogP contribution in [0, 0.1) is 6.17 Å². The molecule has 0 spiro atoms. The van der Waals surface area contributed by atoms with E-state index >= 15 is 0 Å². The van der Waals surface area contributed by atoms with Gasteiger partial charge in [0.05, 0.1) is 0 Å². The van der Waals surface area contributed by atoms with Crippen molar-refractivity contribution < 1.29 is 26.3 Å². The number of halogens is 6. The van der Waals surface area contributed by atoms with Crippen LogP contribution in [0.5, 0.6) is 0 Å². The van der Waals surface area contributed by atoms with Gasteiger partial charge in [-0.05, 0) is 0 Å². The zero-order chi connectivity index (χ0) is 11.0. The van der Waals surface area contributed by atoms with E-state index in [1.807, 2.05) is 0 Å². The SMILES string of the molecule is FC(F)(F)[C]1N=C(C(F)(F)F)NSN1. The lowest BCUT2D eigenvalue weighted by Crippen LogP contribution is -2.44. The largest absolute Gasteiger partial charge is 0.449 e. The van der Waals surface area contributed by atoms with Crippen molar-refractivity contribution in [2.75, 3.05) is 0 Å². The van der Waals surface area contributed by atoms with Crippen molar-refractivity contribution in [1.82, 2.24) is 9.44 Å². The summed E-state index contributed by atoms with van der Waals surface area (Å²) in [4.78, 5) is 2.36. The van der Waals surface area contributed by atoms with Crippen LogP contribution in [0.1, 0.15) is 0 Å². The molecule has 1 rings (SSSR count). The lowest BCUT2D eigenvalue weighted by molar-refractivity contribution is -0.118. The van der Waals surface area contributed by atoms with Gasteiger partial charge in [-0.2, -0.15) is 26.3 Å². The number of rotatable bonds is 0. The number of nitrogens with zero attached hydrogens (tertiary/aromatic N) is 1. The summed E-state index contributed by atoms with van der Waals surface area (Å²) in [5.74, 6) is -1.69. The summed E-state index contributed by atoms with van der Waals surface area (Å²) in [5.41, 5.74) is 0. The van der Waals surface area contributed by atoms with Crippen molar-refractivity contribution in [3.05, 3.63) is 6.17 Å². The summed E-state index contributed by atoms with van der Waals surface area (Å²) in [7, 11) is 0. The number of aliphatic imine (C=N–C) groups is 1. The summed E-state index contributed by atoms with van der Waals surface area (Å²) in [6.45, 7) is 0. The molecule has 0 fully saturated rings. The Balaban J connectivity index is 2.85. The summed E-state index contributed by atoms with van der Waals surface area (Å²) in [6.07, 6.45) is -11.5. The second kappa shape index (κ2) is 3.50. The minimum atomic E-state index is -4.93. The highest BCUT2D eigenvalue weighted by atomic mass is 32.2. The van der Waals surface area contributed by atoms with Gasteiger partial charge in [-0.1, -0.05) is 0 Å². The average molecular weight is 238 g/mol. The normalized spacial score (nSPS) is 20.3. The minimum absolute atomic E-state index is 0.0570. The zero-order valence-electron chi connectivity index (χ0n) is 6.12. The van der Waals surface area contributed by atoms with Gasteiger partial charge in [0, 0.05) is 12.1 Å². The first-order valence-electron chi connectivity index (χ1n) is 2.99. The average Bonchev–Trinajstić information content (AvgIpc) is 2.01. The molecule has 2 N–H and O–H groups in total. The smallest absolute Gasteiger partial charge is 0.297 e. The molecule has 0 aromatic rings. The molecule has 81 valence electrons. The standard InChI is InChI=1S/C4H2F6N3S/c5-3(6,7)1-11-2(4(8,9)10)13-14-12-1/h12H,(H,11,13). The first-order valence-corrected chi connectivity index (χ1v) is 3.81. The fourth-order valence-corrected chi connectivity index (χ4v) is 1.09. The van der Waals surface area contributed by atoms with Crippen LogP contribution >= 0.6 is 12.1 Å². The van der Waals surface area contributed by atoms with Crippen LogP contribution in [0.2, 0.25) is 0 Å². The quantitative estimate of drug-likeness (QED) is 0.498. The number of hydrogen-bond acceptors (Lipinski definition) is 4. The molecule has 0 unspecified atom stereocenters. The number of hydrogen-bond donors (Lipinski definition) is 2. The van der Waals surface area contributed by atoms with Crippen LogP contribution in [0.3, 0.4) is 0 Å². The van der Waals surface area contributed by atoms with Crippen LogP contribution in [0.4, 0.5) is 26.3 Å². The van der Waals surface area contributed by atoms with Gasteiger partial charge in [0.1, 0.15) is 0 Å². The molecule has 0 saturated carbocycles. The van der Waals surface area contributed by atoms with Gasteiger partial charge in [-0.15, -0.1) is 0 Å². The molecule has 0 saturated heterocycles. The summed E-state index contributed by atoms with van der Waals surface area (Å²) in [6, 6.07) is 0. The maximum Gasteiger partial charge on any atom is 0.449 e. The van der Waals surface area contributed by atoms with E-state index in [1.54, 1.807) is 9.44 Å². The van der Waals surface area contributed by atoms with Crippen molar-refractivity contribution in [3.8, 4) is 0 Å². The van der Waals surface area contributed by atoms with Crippen molar-refractivity contribution in [2.24, 2.45) is 4.99 Å². The van der Waals surface area contributed by atoms with Crippen LogP contribution in [0.25, 0.3) is 0 Å². The Morgan fingerprint density at radius 3 is 1.93 bits per heavy atom. The van der Waals surface area contributed by atoms with E-state index in [9.17, 15) is 26.3 Å². The fraction of sp³-hybridized carbons (Fsp3) is 0.500. The van der Waals surface area contributed by atoms with Crippen LogP contribution in [0.15, 0.2) is 4.99 Å². The summed E-state index contributed by atoms with van der Waals surface area (Å²) in [5, 5.41) is 0. The van der Waals surface area contributed by atoms with Gasteiger partial charge in [0.25, 0.3) is 6.17 Å². The number of alkyl halides is 6. The van der Waals surface area contributed by atoms with E-state index in [0.29, 0.717) is 0 Å². The van der Waals surface area contributed by atoms with Gasteiger partial charge in [0.2, 0.25) is 5.84 Å². The lowest BCUT2D eigenvalue weighted by Gasteiger charge is -2.23. The Labute approximate surface area is 78.2 Å². The van der Waals surface area contributed by atoms with Crippen molar-refractivity contribution in [1.29, 1.82) is 0 Å². The van der Waals surface area contributed by atoms with E-state index < -0.39 is 24.4 Å². The van der Waals surface area contributed by atoms with Crippen molar-refractivity contribution in [2.45, 2.75) is 12.4 Å². The fourth-order valence-electron chi connectivity index (χ4n) is 0.522. The van der Waals surface area contributed by atoms with Crippen LogP contribution in [-0.2, 0) is 0 Å². The van der Waals surface area contributed by atoms with Gasteiger partial charge in [-0.25, -0.2) is 9.71 Å². The third-order valence-corrected chi connectivity index (χ3v) is 1.65. The van der Waals surface area contributed by atoms with E-state index in [2.05, 4.69) is 4.99 Å². The molecule has 0 atom stereocenters. The molecule has 1 aliphatic rings. The summed E-state index contributed by atoms with van der Waals surface area (Å²) < 4.78 is 74.5. The van der Waals surface area contributed by atoms with Gasteiger partial charge in [-0.3, -0.25) is 4.72 Å². The highest BCUT2D eigenvalue weighted by Crippen LogP contribution is 2.32. The molecule has 3 nitrogen and oxygen atoms in total. The molecule has 1 aliphatic heterocycles. The molecule has 0 bridgehead atoms. The van der Waals surface area contributed by atoms with Crippen LogP contribution < -0.4 is 9.44 Å². The molecule has 1 heterocycles. The molecule has 14 heavy (non-hydrogen) atoms.